The first-order chi connectivity index (χ1) is 5.66. The average Bonchev–Trinajstić information content (AvgIpc) is 2.11. The van der Waals surface area contributed by atoms with Gasteiger partial charge in [-0.1, -0.05) is 0 Å². The average molecular weight is 210 g/mol. The summed E-state index contributed by atoms with van der Waals surface area (Å²) in [5, 5.41) is 0. The van der Waals surface area contributed by atoms with Gasteiger partial charge in [0.15, 0.2) is 0 Å². The van der Waals surface area contributed by atoms with Crippen molar-refractivity contribution in [2.45, 2.75) is 27.7 Å². The molecule has 0 amide bonds. The van der Waals surface area contributed by atoms with Crippen LogP contribution < -0.4 is 4.89 Å². The molecular formula is C8H20O2P2. The third-order valence-corrected chi connectivity index (χ3v) is 8.05. The second-order valence-corrected chi connectivity index (χ2v) is 8.04. The minimum Gasteiger partial charge on any atom is -0.772 e. The zero-order valence-electron chi connectivity index (χ0n) is 8.54. The Morgan fingerprint density at radius 3 is 1.17 bits per heavy atom. The molecule has 0 spiro atoms. The molecule has 2 nitrogen and oxygen atoms in total. The maximum atomic E-state index is 8.35. The van der Waals surface area contributed by atoms with E-state index in [9.17, 15) is 0 Å². The molecule has 0 saturated carbocycles. The van der Waals surface area contributed by atoms with Crippen LogP contribution in [0.4, 0.5) is 0 Å². The lowest BCUT2D eigenvalue weighted by atomic mass is 10.9. The normalized spacial score (nSPS) is 10.8. The van der Waals surface area contributed by atoms with Crippen LogP contribution in [0.5, 0.6) is 0 Å². The molecule has 12 heavy (non-hydrogen) atoms. The Morgan fingerprint density at radius 1 is 1.00 bits per heavy atom. The first-order valence-corrected chi connectivity index (χ1v) is 7.72. The molecule has 4 heteroatoms. The summed E-state index contributed by atoms with van der Waals surface area (Å²) in [6.45, 7) is 9.41. The van der Waals surface area contributed by atoms with Crippen molar-refractivity contribution >= 4 is 15.9 Å². The molecule has 0 radical (unpaired) electrons. The lowest BCUT2D eigenvalue weighted by Gasteiger charge is -2.20. The lowest BCUT2D eigenvalue weighted by molar-refractivity contribution is -0.154. The SMILES string of the molecule is CC[P+](CC)(CC)CC.O=P[O-]. The van der Waals surface area contributed by atoms with Gasteiger partial charge in [-0.15, -0.1) is 0 Å². The van der Waals surface area contributed by atoms with Crippen LogP contribution in [0.1, 0.15) is 27.7 Å². The summed E-state index contributed by atoms with van der Waals surface area (Å²) in [6.07, 6.45) is 5.82. The summed E-state index contributed by atoms with van der Waals surface area (Å²) in [5.41, 5.74) is 0. The summed E-state index contributed by atoms with van der Waals surface area (Å²) in [5.74, 6) is 0. The number of hydrogen-bond donors (Lipinski definition) is 0. The Morgan fingerprint density at radius 2 is 1.17 bits per heavy atom. The summed E-state index contributed by atoms with van der Waals surface area (Å²) in [7, 11) is -1.50. The van der Waals surface area contributed by atoms with E-state index in [1.165, 1.54) is 24.6 Å². The molecule has 0 aliphatic heterocycles. The first kappa shape index (κ1) is 15.0. The van der Waals surface area contributed by atoms with E-state index in [0.717, 1.165) is 0 Å². The van der Waals surface area contributed by atoms with Crippen molar-refractivity contribution in [1.82, 2.24) is 0 Å². The van der Waals surface area contributed by atoms with E-state index in [2.05, 4.69) is 27.7 Å². The van der Waals surface area contributed by atoms with Crippen molar-refractivity contribution in [3.8, 4) is 0 Å². The molecule has 0 saturated heterocycles. The fourth-order valence-corrected chi connectivity index (χ4v) is 4.02. The highest BCUT2D eigenvalue weighted by Gasteiger charge is 2.27. The van der Waals surface area contributed by atoms with E-state index in [1.807, 2.05) is 0 Å². The van der Waals surface area contributed by atoms with Gasteiger partial charge < -0.3 is 4.89 Å². The molecule has 0 unspecified atom stereocenters. The second-order valence-electron chi connectivity index (χ2n) is 2.68. The molecule has 0 aromatic rings. The fourth-order valence-electron chi connectivity index (χ4n) is 1.34. The second kappa shape index (κ2) is 9.58. The number of rotatable bonds is 4. The smallest absolute Gasteiger partial charge is 0.0642 e. The Labute approximate surface area is 78.4 Å². The lowest BCUT2D eigenvalue weighted by Crippen LogP contribution is -2.04. The molecule has 0 aliphatic carbocycles. The zero-order chi connectivity index (χ0) is 10.0. The summed E-state index contributed by atoms with van der Waals surface area (Å²) in [4.78, 5) is 8.35. The van der Waals surface area contributed by atoms with Gasteiger partial charge in [0.25, 0.3) is 0 Å². The summed E-state index contributed by atoms with van der Waals surface area (Å²) < 4.78 is 8.35. The van der Waals surface area contributed by atoms with Crippen molar-refractivity contribution in [1.29, 1.82) is 0 Å². The van der Waals surface area contributed by atoms with Gasteiger partial charge in [-0.2, -0.15) is 0 Å². The zero-order valence-corrected chi connectivity index (χ0v) is 10.3. The molecule has 0 bridgehead atoms. The van der Waals surface area contributed by atoms with E-state index in [1.54, 1.807) is 0 Å². The van der Waals surface area contributed by atoms with Crippen molar-refractivity contribution in [3.63, 3.8) is 0 Å². The molecule has 0 N–H and O–H groups in total. The molecule has 0 aromatic heterocycles. The van der Waals surface area contributed by atoms with Crippen LogP contribution in [0.3, 0.4) is 0 Å². The predicted octanol–water partition coefficient (Wildman–Crippen LogP) is 2.64. The highest BCUT2D eigenvalue weighted by molar-refractivity contribution is 7.75. The van der Waals surface area contributed by atoms with E-state index < -0.39 is 15.9 Å². The van der Waals surface area contributed by atoms with Crippen LogP contribution in [0.2, 0.25) is 0 Å². The molecule has 74 valence electrons. The van der Waals surface area contributed by atoms with Crippen LogP contribution in [-0.4, -0.2) is 24.6 Å². The molecule has 0 aliphatic rings. The van der Waals surface area contributed by atoms with Crippen LogP contribution in [0.15, 0.2) is 0 Å². The van der Waals surface area contributed by atoms with Crippen LogP contribution in [0, 0.1) is 0 Å². The van der Waals surface area contributed by atoms with Gasteiger partial charge in [-0.3, -0.25) is 4.57 Å². The summed E-state index contributed by atoms with van der Waals surface area (Å²) >= 11 is 0. The fraction of sp³-hybridized carbons (Fsp3) is 1.00. The van der Waals surface area contributed by atoms with Gasteiger partial charge in [-0.25, -0.2) is 0 Å². The largest absolute Gasteiger partial charge is 0.772 e. The molecule has 0 heterocycles. The molecule has 0 aromatic carbocycles. The van der Waals surface area contributed by atoms with E-state index in [-0.39, 0.29) is 0 Å². The van der Waals surface area contributed by atoms with E-state index in [4.69, 9.17) is 9.46 Å². The Balaban J connectivity index is 0. The molecule has 0 atom stereocenters. The molecule has 0 fully saturated rings. The highest BCUT2D eigenvalue weighted by atomic mass is 31.2. The monoisotopic (exact) mass is 210 g/mol. The third kappa shape index (κ3) is 6.06. The Hall–Kier alpha value is 0.490. The standard InChI is InChI=1S/C8H20P.HO2P/c1-5-9(6-2,7-3)8-4;1-3-2/h5-8H2,1-4H3;(H,1,2)/q+1;/p-1. The number of hydrogen-bond acceptors (Lipinski definition) is 2. The van der Waals surface area contributed by atoms with Crippen molar-refractivity contribution in [2.75, 3.05) is 24.6 Å². The van der Waals surface area contributed by atoms with E-state index in [0.29, 0.717) is 0 Å². The third-order valence-electron chi connectivity index (χ3n) is 2.68. The van der Waals surface area contributed by atoms with Gasteiger partial charge >= 0.3 is 0 Å². The maximum Gasteiger partial charge on any atom is 0.0642 e. The highest BCUT2D eigenvalue weighted by Crippen LogP contribution is 2.57. The molecule has 0 rings (SSSR count). The maximum absolute atomic E-state index is 8.35. The van der Waals surface area contributed by atoms with Crippen molar-refractivity contribution in [3.05, 3.63) is 0 Å². The van der Waals surface area contributed by atoms with E-state index >= 15 is 0 Å². The first-order valence-electron chi connectivity index (χ1n) is 4.46. The molecular weight excluding hydrogens is 190 g/mol. The van der Waals surface area contributed by atoms with Crippen molar-refractivity contribution in [2.24, 2.45) is 0 Å². The Kier molecular flexibility index (Phi) is 12.0. The van der Waals surface area contributed by atoms with Crippen LogP contribution >= 0.6 is 15.9 Å². The topological polar surface area (TPSA) is 40.1 Å². The van der Waals surface area contributed by atoms with Gasteiger partial charge in [0.05, 0.1) is 33.3 Å². The Bertz CT molecular complexity index is 85.7. The summed E-state index contributed by atoms with van der Waals surface area (Å²) in [6, 6.07) is 0. The van der Waals surface area contributed by atoms with Gasteiger partial charge in [0, 0.05) is 7.26 Å². The van der Waals surface area contributed by atoms with Crippen LogP contribution in [0.25, 0.3) is 0 Å². The van der Waals surface area contributed by atoms with Crippen molar-refractivity contribution < 1.29 is 9.46 Å². The minimum atomic E-state index is -1.08. The van der Waals surface area contributed by atoms with Gasteiger partial charge in [0.1, 0.15) is 0 Å². The quantitative estimate of drug-likeness (QED) is 0.669. The minimum absolute atomic E-state index is 0.420. The predicted molar refractivity (Wildman–Crippen MR) is 56.7 cm³/mol. The van der Waals surface area contributed by atoms with Gasteiger partial charge in [-0.05, 0) is 27.7 Å². The van der Waals surface area contributed by atoms with Gasteiger partial charge in [0.2, 0.25) is 0 Å². The van der Waals surface area contributed by atoms with Crippen LogP contribution in [-0.2, 0) is 4.57 Å².